The highest BCUT2D eigenvalue weighted by molar-refractivity contribution is 7.93. The zero-order valence-corrected chi connectivity index (χ0v) is 22.5. The molecule has 0 atom stereocenters. The van der Waals surface area contributed by atoms with Crippen molar-refractivity contribution in [3.8, 4) is 5.75 Å². The quantitative estimate of drug-likeness (QED) is 0.370. The van der Waals surface area contributed by atoms with Crippen molar-refractivity contribution in [1.82, 2.24) is 0 Å². The number of alkyl halides is 3. The van der Waals surface area contributed by atoms with Crippen LogP contribution in [0.4, 0.5) is 30.2 Å². The van der Waals surface area contributed by atoms with E-state index in [0.29, 0.717) is 36.9 Å². The molecule has 0 bridgehead atoms. The number of hydrogen-bond acceptors (Lipinski definition) is 6. The molecule has 0 saturated carbocycles. The minimum atomic E-state index is -4.79. The number of benzene rings is 3. The molecule has 2 N–H and O–H groups in total. The molecule has 208 valence electrons. The van der Waals surface area contributed by atoms with Crippen molar-refractivity contribution in [3.63, 3.8) is 0 Å². The van der Waals surface area contributed by atoms with Crippen molar-refractivity contribution < 1.29 is 39.5 Å². The van der Waals surface area contributed by atoms with Gasteiger partial charge in [0, 0.05) is 24.3 Å². The van der Waals surface area contributed by atoms with E-state index in [1.807, 2.05) is 4.72 Å². The Morgan fingerprint density at radius 3 is 2.05 bits per heavy atom. The summed E-state index contributed by atoms with van der Waals surface area (Å²) in [5.74, 6) is 0.170. The molecule has 39 heavy (non-hydrogen) atoms. The number of amides is 1. The fraction of sp³-hybridized carbons (Fsp3) is 0.208. The second-order valence-corrected chi connectivity index (χ2v) is 12.2. The van der Waals surface area contributed by atoms with Crippen molar-refractivity contribution in [1.29, 1.82) is 0 Å². The monoisotopic (exact) mass is 603 g/mol. The van der Waals surface area contributed by atoms with Crippen molar-refractivity contribution >= 4 is 54.6 Å². The van der Waals surface area contributed by atoms with E-state index in [4.69, 9.17) is 16.3 Å². The third kappa shape index (κ3) is 6.23. The van der Waals surface area contributed by atoms with Crippen LogP contribution in [-0.2, 0) is 31.0 Å². The molecule has 0 aliphatic carbocycles. The molecule has 1 aliphatic heterocycles. The molecule has 15 heteroatoms. The highest BCUT2D eigenvalue weighted by Gasteiger charge is 2.34. The SMILES string of the molecule is COc1ccc(S(=O)(=O)Nc2ccc(S(=O)(=O)Nc3ccc(Cl)c(C(F)(F)F)c3)cc2)cc1N1CCCC1=O. The number of halogens is 4. The van der Waals surface area contributed by atoms with Crippen molar-refractivity contribution in [2.45, 2.75) is 28.8 Å². The number of nitrogens with zero attached hydrogens (tertiary/aromatic N) is 1. The Morgan fingerprint density at radius 2 is 1.46 bits per heavy atom. The zero-order chi connectivity index (χ0) is 28.6. The zero-order valence-electron chi connectivity index (χ0n) is 20.1. The van der Waals surface area contributed by atoms with Gasteiger partial charge < -0.3 is 9.64 Å². The van der Waals surface area contributed by atoms with Gasteiger partial charge in [0.05, 0.1) is 33.2 Å². The minimum absolute atomic E-state index is 0.0226. The first-order valence-corrected chi connectivity index (χ1v) is 14.6. The van der Waals surface area contributed by atoms with Gasteiger partial charge in [0.2, 0.25) is 5.91 Å². The molecule has 1 heterocycles. The molecule has 3 aromatic rings. The van der Waals surface area contributed by atoms with Crippen LogP contribution in [0.5, 0.6) is 5.75 Å². The van der Waals surface area contributed by atoms with E-state index in [0.717, 1.165) is 24.3 Å². The van der Waals surface area contributed by atoms with Crippen LogP contribution in [0.3, 0.4) is 0 Å². The van der Waals surface area contributed by atoms with E-state index >= 15 is 0 Å². The summed E-state index contributed by atoms with van der Waals surface area (Å²) < 4.78 is 100. The molecule has 0 aromatic heterocycles. The average molecular weight is 604 g/mol. The summed E-state index contributed by atoms with van der Waals surface area (Å²) >= 11 is 5.57. The number of carbonyl (C=O) groups excluding carboxylic acids is 1. The molecule has 1 aliphatic rings. The number of methoxy groups -OCH3 is 1. The molecule has 0 spiro atoms. The summed E-state index contributed by atoms with van der Waals surface area (Å²) in [7, 11) is -7.07. The van der Waals surface area contributed by atoms with Crippen LogP contribution in [-0.4, -0.2) is 36.4 Å². The van der Waals surface area contributed by atoms with Gasteiger partial charge in [-0.2, -0.15) is 13.2 Å². The number of ether oxygens (including phenoxy) is 1. The molecule has 9 nitrogen and oxygen atoms in total. The van der Waals surface area contributed by atoms with Gasteiger partial charge >= 0.3 is 6.18 Å². The number of carbonyl (C=O) groups is 1. The molecular formula is C24H21ClF3N3O6S2. The molecule has 3 aromatic carbocycles. The Morgan fingerprint density at radius 1 is 0.872 bits per heavy atom. The minimum Gasteiger partial charge on any atom is -0.495 e. The van der Waals surface area contributed by atoms with Crippen molar-refractivity contribution in [2.75, 3.05) is 28.0 Å². The fourth-order valence-corrected chi connectivity index (χ4v) is 6.24. The summed E-state index contributed by atoms with van der Waals surface area (Å²) in [6.45, 7) is 0.420. The van der Waals surface area contributed by atoms with Crippen molar-refractivity contribution in [2.24, 2.45) is 0 Å². The van der Waals surface area contributed by atoms with Gasteiger partial charge in [-0.05, 0) is 67.1 Å². The molecule has 1 fully saturated rings. The van der Waals surface area contributed by atoms with Gasteiger partial charge in [-0.3, -0.25) is 14.2 Å². The maximum atomic E-state index is 13.1. The van der Waals surface area contributed by atoms with E-state index in [2.05, 4.69) is 4.72 Å². The summed E-state index contributed by atoms with van der Waals surface area (Å²) in [5.41, 5.74) is -1.23. The van der Waals surface area contributed by atoms with Gasteiger partial charge in [-0.25, -0.2) is 16.8 Å². The Kier molecular flexibility index (Phi) is 7.74. The lowest BCUT2D eigenvalue weighted by atomic mass is 10.2. The lowest BCUT2D eigenvalue weighted by Crippen LogP contribution is -2.25. The molecule has 0 unspecified atom stereocenters. The van der Waals surface area contributed by atoms with Crippen LogP contribution in [0.15, 0.2) is 70.5 Å². The molecule has 1 saturated heterocycles. The third-order valence-electron chi connectivity index (χ3n) is 5.77. The number of nitrogens with one attached hydrogen (secondary N) is 2. The predicted octanol–water partition coefficient (Wildman–Crippen LogP) is 5.10. The lowest BCUT2D eigenvalue weighted by Gasteiger charge is -2.20. The topological polar surface area (TPSA) is 122 Å². The van der Waals surface area contributed by atoms with Gasteiger partial charge in [0.1, 0.15) is 5.75 Å². The van der Waals surface area contributed by atoms with Crippen LogP contribution in [0.2, 0.25) is 5.02 Å². The van der Waals surface area contributed by atoms with Crippen LogP contribution in [0.1, 0.15) is 18.4 Å². The van der Waals surface area contributed by atoms with Gasteiger partial charge in [0.15, 0.2) is 0 Å². The summed E-state index contributed by atoms with van der Waals surface area (Å²) in [6, 6.07) is 11.2. The van der Waals surface area contributed by atoms with E-state index in [9.17, 15) is 34.8 Å². The van der Waals surface area contributed by atoms with Crippen molar-refractivity contribution in [3.05, 3.63) is 71.2 Å². The van der Waals surface area contributed by atoms with Crippen LogP contribution < -0.4 is 19.1 Å². The first kappa shape index (κ1) is 28.5. The van der Waals surface area contributed by atoms with Gasteiger partial charge in [0.25, 0.3) is 20.0 Å². The lowest BCUT2D eigenvalue weighted by molar-refractivity contribution is -0.137. The molecule has 0 radical (unpaired) electrons. The molecular weight excluding hydrogens is 583 g/mol. The average Bonchev–Trinajstić information content (AvgIpc) is 3.29. The van der Waals surface area contributed by atoms with Crippen LogP contribution in [0, 0.1) is 0 Å². The van der Waals surface area contributed by atoms with Gasteiger partial charge in [-0.1, -0.05) is 11.6 Å². The number of rotatable bonds is 8. The second-order valence-electron chi connectivity index (χ2n) is 8.41. The predicted molar refractivity (Wildman–Crippen MR) is 139 cm³/mol. The van der Waals surface area contributed by atoms with E-state index in [1.165, 1.54) is 42.3 Å². The summed E-state index contributed by atoms with van der Waals surface area (Å²) in [4.78, 5) is 13.2. The third-order valence-corrected chi connectivity index (χ3v) is 8.87. The number of sulfonamides is 2. The first-order valence-electron chi connectivity index (χ1n) is 11.2. The maximum Gasteiger partial charge on any atom is 0.417 e. The highest BCUT2D eigenvalue weighted by atomic mass is 35.5. The molecule has 4 rings (SSSR count). The van der Waals surface area contributed by atoms with Crippen LogP contribution >= 0.6 is 11.6 Å². The maximum absolute atomic E-state index is 13.1. The highest BCUT2D eigenvalue weighted by Crippen LogP contribution is 2.37. The van der Waals surface area contributed by atoms with Crippen LogP contribution in [0.25, 0.3) is 0 Å². The van der Waals surface area contributed by atoms with E-state index in [1.54, 1.807) is 0 Å². The summed E-state index contributed by atoms with van der Waals surface area (Å²) in [6.07, 6.45) is -3.82. The van der Waals surface area contributed by atoms with E-state index < -0.39 is 36.8 Å². The number of hydrogen-bond donors (Lipinski definition) is 2. The standard InChI is InChI=1S/C24H21ClF3N3O6S2/c1-37-22-11-9-18(14-21(22)31-12-2-3-23(31)32)39(35,36)29-15-4-7-17(8-5-15)38(33,34)30-16-6-10-20(25)19(13-16)24(26,27)28/h4-11,13-14,29-30H,2-3,12H2,1H3. The Balaban J connectivity index is 1.54. The Labute approximate surface area is 227 Å². The Hall–Kier alpha value is -3.49. The molecule has 1 amide bonds. The Bertz CT molecular complexity index is 1630. The summed E-state index contributed by atoms with van der Waals surface area (Å²) in [5, 5.41) is -0.585. The largest absolute Gasteiger partial charge is 0.495 e. The first-order chi connectivity index (χ1) is 18.2. The van der Waals surface area contributed by atoms with E-state index in [-0.39, 0.29) is 27.1 Å². The normalized spacial score (nSPS) is 14.4. The van der Waals surface area contributed by atoms with Gasteiger partial charge in [-0.15, -0.1) is 0 Å². The second kappa shape index (κ2) is 10.6. The fourth-order valence-electron chi connectivity index (χ4n) is 3.89. The smallest absolute Gasteiger partial charge is 0.417 e. The number of anilines is 3.